The van der Waals surface area contributed by atoms with Crippen LogP contribution in [0, 0.1) is 6.92 Å². The summed E-state index contributed by atoms with van der Waals surface area (Å²) < 4.78 is 38.3. The third kappa shape index (κ3) is 5.59. The Bertz CT molecular complexity index is 739. The maximum absolute atomic E-state index is 12.8. The van der Waals surface area contributed by atoms with Crippen LogP contribution >= 0.6 is 0 Å². The third-order valence-electron chi connectivity index (χ3n) is 4.20. The van der Waals surface area contributed by atoms with E-state index in [4.69, 9.17) is 0 Å². The topological polar surface area (TPSA) is 32.3 Å². The number of likely N-dealkylation sites (N-methyl/N-ethyl adjacent to an activating group) is 1. The molecule has 0 aromatic heterocycles. The number of benzene rings is 2. The van der Waals surface area contributed by atoms with Gasteiger partial charge in [-0.25, -0.2) is 0 Å². The molecule has 0 radical (unpaired) electrons. The molecule has 0 aliphatic carbocycles. The van der Waals surface area contributed by atoms with Crippen molar-refractivity contribution in [3.8, 4) is 0 Å². The molecule has 0 heterocycles. The summed E-state index contributed by atoms with van der Waals surface area (Å²) in [4.78, 5) is 14.2. The quantitative estimate of drug-likeness (QED) is 0.841. The monoisotopic (exact) mass is 364 g/mol. The second kappa shape index (κ2) is 8.36. The van der Waals surface area contributed by atoms with Gasteiger partial charge in [0.15, 0.2) is 0 Å². The SMILES string of the molecule is Cc1ccc(C(CNC(=O)Cc2cccc(C(F)(F)F)c2)N(C)C)cc1. The Labute approximate surface area is 151 Å². The van der Waals surface area contributed by atoms with Crippen molar-refractivity contribution in [2.45, 2.75) is 25.6 Å². The van der Waals surface area contributed by atoms with E-state index in [-0.39, 0.29) is 18.4 Å². The molecule has 2 aromatic carbocycles. The summed E-state index contributed by atoms with van der Waals surface area (Å²) in [6.45, 7) is 2.39. The molecule has 1 unspecified atom stereocenters. The minimum Gasteiger partial charge on any atom is -0.354 e. The minimum absolute atomic E-state index is 0.0129. The van der Waals surface area contributed by atoms with E-state index >= 15 is 0 Å². The van der Waals surface area contributed by atoms with Crippen LogP contribution in [0.5, 0.6) is 0 Å². The standard InChI is InChI=1S/C20H23F3N2O/c1-14-7-9-16(10-8-14)18(25(2)3)13-24-19(26)12-15-5-4-6-17(11-15)20(21,22)23/h4-11,18H,12-13H2,1-3H3,(H,24,26). The largest absolute Gasteiger partial charge is 0.416 e. The summed E-state index contributed by atoms with van der Waals surface area (Å²) in [5, 5.41) is 2.82. The van der Waals surface area contributed by atoms with Crippen LogP contribution in [0.15, 0.2) is 48.5 Å². The number of nitrogens with one attached hydrogen (secondary N) is 1. The van der Waals surface area contributed by atoms with E-state index in [1.807, 2.05) is 50.2 Å². The number of halogens is 3. The molecule has 3 nitrogen and oxygen atoms in total. The molecule has 26 heavy (non-hydrogen) atoms. The zero-order valence-corrected chi connectivity index (χ0v) is 15.1. The normalized spacial score (nSPS) is 12.9. The number of rotatable bonds is 6. The number of hydrogen-bond acceptors (Lipinski definition) is 2. The van der Waals surface area contributed by atoms with Crippen molar-refractivity contribution >= 4 is 5.91 Å². The van der Waals surface area contributed by atoms with Gasteiger partial charge in [0.05, 0.1) is 18.0 Å². The lowest BCUT2D eigenvalue weighted by Gasteiger charge is -2.25. The van der Waals surface area contributed by atoms with Crippen LogP contribution in [0.2, 0.25) is 0 Å². The van der Waals surface area contributed by atoms with Gasteiger partial charge in [-0.15, -0.1) is 0 Å². The number of amides is 1. The zero-order valence-electron chi connectivity index (χ0n) is 15.1. The van der Waals surface area contributed by atoms with Gasteiger partial charge in [-0.2, -0.15) is 13.2 Å². The number of nitrogens with zero attached hydrogens (tertiary/aromatic N) is 1. The van der Waals surface area contributed by atoms with Crippen LogP contribution in [0.25, 0.3) is 0 Å². The van der Waals surface area contributed by atoms with Crippen molar-refractivity contribution in [1.29, 1.82) is 0 Å². The first kappa shape index (κ1) is 20.0. The van der Waals surface area contributed by atoms with E-state index < -0.39 is 11.7 Å². The van der Waals surface area contributed by atoms with Crippen molar-refractivity contribution in [2.75, 3.05) is 20.6 Å². The summed E-state index contributed by atoms with van der Waals surface area (Å²) in [6.07, 6.45) is -4.49. The number of alkyl halides is 3. The van der Waals surface area contributed by atoms with E-state index in [1.165, 1.54) is 12.1 Å². The molecule has 6 heteroatoms. The highest BCUT2D eigenvalue weighted by molar-refractivity contribution is 5.78. The molecule has 1 atom stereocenters. The molecule has 0 aliphatic heterocycles. The summed E-state index contributed by atoms with van der Waals surface area (Å²) in [6, 6.07) is 12.9. The summed E-state index contributed by atoms with van der Waals surface area (Å²) in [7, 11) is 3.84. The van der Waals surface area contributed by atoms with E-state index in [2.05, 4.69) is 5.32 Å². The first-order valence-electron chi connectivity index (χ1n) is 8.32. The summed E-state index contributed by atoms with van der Waals surface area (Å²) >= 11 is 0. The zero-order chi connectivity index (χ0) is 19.3. The number of carbonyl (C=O) groups excluding carboxylic acids is 1. The average Bonchev–Trinajstić information content (AvgIpc) is 2.56. The van der Waals surface area contributed by atoms with Gasteiger partial charge in [0.2, 0.25) is 5.91 Å². The summed E-state index contributed by atoms with van der Waals surface area (Å²) in [5.41, 5.74) is 1.82. The molecule has 140 valence electrons. The molecule has 0 saturated heterocycles. The van der Waals surface area contributed by atoms with E-state index in [0.717, 1.165) is 23.3 Å². The lowest BCUT2D eigenvalue weighted by molar-refractivity contribution is -0.137. The van der Waals surface area contributed by atoms with E-state index in [1.54, 1.807) is 0 Å². The smallest absolute Gasteiger partial charge is 0.354 e. The number of carbonyl (C=O) groups is 1. The van der Waals surface area contributed by atoms with Gasteiger partial charge in [-0.3, -0.25) is 4.79 Å². The number of hydrogen-bond donors (Lipinski definition) is 1. The predicted octanol–water partition coefficient (Wildman–Crippen LogP) is 3.98. The first-order valence-corrected chi connectivity index (χ1v) is 8.32. The highest BCUT2D eigenvalue weighted by Gasteiger charge is 2.30. The van der Waals surface area contributed by atoms with Gasteiger partial charge in [0.25, 0.3) is 0 Å². The molecule has 2 aromatic rings. The van der Waals surface area contributed by atoms with Gasteiger partial charge in [-0.1, -0.05) is 48.0 Å². The van der Waals surface area contributed by atoms with E-state index in [0.29, 0.717) is 12.1 Å². The Morgan fingerprint density at radius 2 is 1.77 bits per heavy atom. The minimum atomic E-state index is -4.41. The van der Waals surface area contributed by atoms with Crippen LogP contribution in [0.3, 0.4) is 0 Å². The van der Waals surface area contributed by atoms with Gasteiger partial charge in [0.1, 0.15) is 0 Å². The fourth-order valence-electron chi connectivity index (χ4n) is 2.70. The molecule has 0 fully saturated rings. The lowest BCUT2D eigenvalue weighted by Crippen LogP contribution is -2.35. The van der Waals surface area contributed by atoms with Gasteiger partial charge in [-0.05, 0) is 38.2 Å². The Morgan fingerprint density at radius 3 is 2.35 bits per heavy atom. The van der Waals surface area contributed by atoms with Crippen LogP contribution in [0.1, 0.15) is 28.3 Å². The molecule has 0 spiro atoms. The highest BCUT2D eigenvalue weighted by atomic mass is 19.4. The Hall–Kier alpha value is -2.34. The predicted molar refractivity (Wildman–Crippen MR) is 95.8 cm³/mol. The van der Waals surface area contributed by atoms with Crippen molar-refractivity contribution in [2.24, 2.45) is 0 Å². The van der Waals surface area contributed by atoms with Crippen molar-refractivity contribution in [1.82, 2.24) is 10.2 Å². The van der Waals surface area contributed by atoms with Crippen molar-refractivity contribution in [3.63, 3.8) is 0 Å². The van der Waals surface area contributed by atoms with Crippen molar-refractivity contribution in [3.05, 3.63) is 70.8 Å². The second-order valence-electron chi connectivity index (χ2n) is 6.57. The molecule has 0 bridgehead atoms. The molecule has 1 N–H and O–H groups in total. The lowest BCUT2D eigenvalue weighted by atomic mass is 10.0. The number of aryl methyl sites for hydroxylation is 1. The highest BCUT2D eigenvalue weighted by Crippen LogP contribution is 2.29. The van der Waals surface area contributed by atoms with Gasteiger partial charge in [0, 0.05) is 6.54 Å². The first-order chi connectivity index (χ1) is 12.2. The van der Waals surface area contributed by atoms with Gasteiger partial charge >= 0.3 is 6.18 Å². The van der Waals surface area contributed by atoms with E-state index in [9.17, 15) is 18.0 Å². The molecular formula is C20H23F3N2O. The molecule has 0 saturated carbocycles. The molecular weight excluding hydrogens is 341 g/mol. The Kier molecular flexibility index (Phi) is 6.42. The van der Waals surface area contributed by atoms with Crippen LogP contribution < -0.4 is 5.32 Å². The molecule has 2 rings (SSSR count). The Morgan fingerprint density at radius 1 is 1.12 bits per heavy atom. The average molecular weight is 364 g/mol. The summed E-state index contributed by atoms with van der Waals surface area (Å²) in [5.74, 6) is -0.303. The molecule has 0 aliphatic rings. The third-order valence-corrected chi connectivity index (χ3v) is 4.20. The van der Waals surface area contributed by atoms with Crippen LogP contribution in [-0.2, 0) is 17.4 Å². The van der Waals surface area contributed by atoms with Crippen LogP contribution in [0.4, 0.5) is 13.2 Å². The maximum Gasteiger partial charge on any atom is 0.416 e. The molecule has 1 amide bonds. The van der Waals surface area contributed by atoms with Gasteiger partial charge < -0.3 is 10.2 Å². The van der Waals surface area contributed by atoms with Crippen LogP contribution in [-0.4, -0.2) is 31.4 Å². The fraction of sp³-hybridized carbons (Fsp3) is 0.350. The second-order valence-corrected chi connectivity index (χ2v) is 6.57. The maximum atomic E-state index is 12.8. The fourth-order valence-corrected chi connectivity index (χ4v) is 2.70. The Balaban J connectivity index is 1.99. The van der Waals surface area contributed by atoms with Crippen molar-refractivity contribution < 1.29 is 18.0 Å².